The predicted molar refractivity (Wildman–Crippen MR) is 104 cm³/mol. The summed E-state index contributed by atoms with van der Waals surface area (Å²) >= 11 is 0. The van der Waals surface area contributed by atoms with Gasteiger partial charge >= 0.3 is 0 Å². The molecule has 0 radical (unpaired) electrons. The lowest BCUT2D eigenvalue weighted by Gasteiger charge is -2.25. The van der Waals surface area contributed by atoms with Crippen LogP contribution in [0.2, 0.25) is 0 Å². The number of carbonyl (C=O) groups is 2. The predicted octanol–water partition coefficient (Wildman–Crippen LogP) is 3.20. The van der Waals surface area contributed by atoms with Crippen LogP contribution in [0.25, 0.3) is 11.6 Å². The maximum absolute atomic E-state index is 12.5. The molecule has 0 spiro atoms. The van der Waals surface area contributed by atoms with E-state index >= 15 is 0 Å². The van der Waals surface area contributed by atoms with Gasteiger partial charge in [0.15, 0.2) is 0 Å². The molecule has 0 saturated heterocycles. The van der Waals surface area contributed by atoms with Gasteiger partial charge < -0.3 is 19.9 Å². The van der Waals surface area contributed by atoms with E-state index in [2.05, 4.69) is 10.3 Å². The molecular weight excluding hydrogens is 342 g/mol. The van der Waals surface area contributed by atoms with Crippen molar-refractivity contribution in [2.75, 3.05) is 11.9 Å². The Labute approximate surface area is 158 Å². The van der Waals surface area contributed by atoms with Crippen LogP contribution >= 0.6 is 0 Å². The van der Waals surface area contributed by atoms with Crippen LogP contribution in [0.4, 0.5) is 5.69 Å². The molecule has 2 aliphatic rings. The van der Waals surface area contributed by atoms with E-state index in [1.165, 1.54) is 0 Å². The summed E-state index contributed by atoms with van der Waals surface area (Å²) in [5.74, 6) is 0.710. The number of anilines is 1. The van der Waals surface area contributed by atoms with Crippen molar-refractivity contribution < 1.29 is 14.3 Å². The molecule has 27 heavy (non-hydrogen) atoms. The van der Waals surface area contributed by atoms with Crippen LogP contribution in [-0.2, 0) is 22.6 Å². The number of H-pyrrole nitrogens is 1. The highest BCUT2D eigenvalue weighted by atomic mass is 16.5. The standard InChI is InChI=1S/C21H23N3O3/c1-12(2)27-16-4-5-20-17(10-16)18(21(26)23-20)9-15-8-14-11-24(13(3)25)7-6-19(14)22-15/h4-5,8-10,12,22H,6-7,11H2,1-3H3,(H,23,26)/b18-9-. The van der Waals surface area contributed by atoms with Crippen molar-refractivity contribution in [3.05, 3.63) is 46.8 Å². The first-order chi connectivity index (χ1) is 12.9. The minimum atomic E-state index is -0.121. The Hall–Kier alpha value is -3.02. The molecule has 0 unspecified atom stereocenters. The normalized spacial score (nSPS) is 17.1. The van der Waals surface area contributed by atoms with Crippen LogP contribution < -0.4 is 10.1 Å². The summed E-state index contributed by atoms with van der Waals surface area (Å²) in [5, 5.41) is 2.90. The quantitative estimate of drug-likeness (QED) is 0.821. The molecule has 2 N–H and O–H groups in total. The molecule has 3 heterocycles. The summed E-state index contributed by atoms with van der Waals surface area (Å²) in [5.41, 5.74) is 5.37. The van der Waals surface area contributed by atoms with Crippen molar-refractivity contribution in [1.29, 1.82) is 0 Å². The summed E-state index contributed by atoms with van der Waals surface area (Å²) in [4.78, 5) is 29.3. The number of hydrogen-bond donors (Lipinski definition) is 2. The van der Waals surface area contributed by atoms with E-state index in [0.29, 0.717) is 12.1 Å². The third-order valence-corrected chi connectivity index (χ3v) is 4.90. The van der Waals surface area contributed by atoms with Gasteiger partial charge in [-0.2, -0.15) is 0 Å². The van der Waals surface area contributed by atoms with E-state index in [1.807, 2.05) is 49.1 Å². The van der Waals surface area contributed by atoms with E-state index in [1.54, 1.807) is 6.92 Å². The second-order valence-electron chi connectivity index (χ2n) is 7.31. The number of amides is 2. The summed E-state index contributed by atoms with van der Waals surface area (Å²) in [6.07, 6.45) is 2.74. The number of hydrogen-bond acceptors (Lipinski definition) is 3. The fraction of sp³-hybridized carbons (Fsp3) is 0.333. The van der Waals surface area contributed by atoms with Crippen molar-refractivity contribution in [3.8, 4) is 5.75 Å². The van der Waals surface area contributed by atoms with E-state index in [-0.39, 0.29) is 17.9 Å². The Bertz CT molecular complexity index is 956. The van der Waals surface area contributed by atoms with Crippen molar-refractivity contribution in [2.24, 2.45) is 0 Å². The molecular formula is C21H23N3O3. The third-order valence-electron chi connectivity index (χ3n) is 4.90. The van der Waals surface area contributed by atoms with Gasteiger partial charge in [-0.25, -0.2) is 0 Å². The van der Waals surface area contributed by atoms with Crippen LogP contribution in [0.15, 0.2) is 24.3 Å². The Morgan fingerprint density at radius 1 is 1.30 bits per heavy atom. The number of nitrogens with one attached hydrogen (secondary N) is 2. The van der Waals surface area contributed by atoms with Crippen LogP contribution in [0.3, 0.4) is 0 Å². The van der Waals surface area contributed by atoms with Gasteiger partial charge in [-0.15, -0.1) is 0 Å². The van der Waals surface area contributed by atoms with E-state index < -0.39 is 0 Å². The molecule has 4 rings (SSSR count). The number of rotatable bonds is 3. The van der Waals surface area contributed by atoms with Crippen molar-refractivity contribution in [3.63, 3.8) is 0 Å². The van der Waals surface area contributed by atoms with Gasteiger partial charge in [0.25, 0.3) is 5.91 Å². The Kier molecular flexibility index (Phi) is 4.26. The number of ether oxygens (including phenoxy) is 1. The van der Waals surface area contributed by atoms with Crippen molar-refractivity contribution >= 4 is 29.2 Å². The van der Waals surface area contributed by atoms with Crippen molar-refractivity contribution in [2.45, 2.75) is 39.8 Å². The molecule has 1 aromatic carbocycles. The second kappa shape index (κ2) is 6.61. The number of benzene rings is 1. The van der Waals surface area contributed by atoms with Crippen LogP contribution in [0.1, 0.15) is 43.3 Å². The van der Waals surface area contributed by atoms with Crippen LogP contribution in [0.5, 0.6) is 5.75 Å². The van der Waals surface area contributed by atoms with Gasteiger partial charge in [-0.3, -0.25) is 9.59 Å². The fourth-order valence-corrected chi connectivity index (χ4v) is 3.62. The first-order valence-electron chi connectivity index (χ1n) is 9.21. The first kappa shape index (κ1) is 17.4. The molecule has 2 amide bonds. The van der Waals surface area contributed by atoms with Crippen LogP contribution in [0, 0.1) is 0 Å². The van der Waals surface area contributed by atoms with Gasteiger partial charge in [0.05, 0.1) is 11.7 Å². The average molecular weight is 365 g/mol. The highest BCUT2D eigenvalue weighted by Gasteiger charge is 2.26. The van der Waals surface area contributed by atoms with E-state index in [9.17, 15) is 9.59 Å². The summed E-state index contributed by atoms with van der Waals surface area (Å²) in [6, 6.07) is 7.67. The number of carbonyl (C=O) groups excluding carboxylic acids is 2. The van der Waals surface area contributed by atoms with Crippen LogP contribution in [-0.4, -0.2) is 34.3 Å². The molecule has 1 aromatic heterocycles. The second-order valence-corrected chi connectivity index (χ2v) is 7.31. The summed E-state index contributed by atoms with van der Waals surface area (Å²) < 4.78 is 5.76. The maximum Gasteiger partial charge on any atom is 0.256 e. The van der Waals surface area contributed by atoms with Gasteiger partial charge in [-0.05, 0) is 49.8 Å². The molecule has 2 aliphatic heterocycles. The Morgan fingerprint density at radius 2 is 2.11 bits per heavy atom. The first-order valence-corrected chi connectivity index (χ1v) is 9.21. The zero-order valence-electron chi connectivity index (χ0n) is 15.8. The smallest absolute Gasteiger partial charge is 0.256 e. The molecule has 0 atom stereocenters. The zero-order chi connectivity index (χ0) is 19.1. The molecule has 6 nitrogen and oxygen atoms in total. The lowest BCUT2D eigenvalue weighted by atomic mass is 10.1. The minimum Gasteiger partial charge on any atom is -0.491 e. The number of nitrogens with zero attached hydrogens (tertiary/aromatic N) is 1. The third kappa shape index (κ3) is 3.35. The van der Waals surface area contributed by atoms with E-state index in [0.717, 1.165) is 46.9 Å². The van der Waals surface area contributed by atoms with Gasteiger partial charge in [0, 0.05) is 49.1 Å². The fourth-order valence-electron chi connectivity index (χ4n) is 3.62. The lowest BCUT2D eigenvalue weighted by molar-refractivity contribution is -0.129. The molecule has 6 heteroatoms. The molecule has 0 fully saturated rings. The zero-order valence-corrected chi connectivity index (χ0v) is 15.8. The molecule has 0 saturated carbocycles. The highest BCUT2D eigenvalue weighted by Crippen LogP contribution is 2.36. The molecule has 0 aliphatic carbocycles. The SMILES string of the molecule is CC(=O)N1CCc2[nH]c(/C=C3\C(=O)Nc4ccc(OC(C)C)cc43)cc2C1. The maximum atomic E-state index is 12.5. The monoisotopic (exact) mass is 365 g/mol. The van der Waals surface area contributed by atoms with Gasteiger partial charge in [0.2, 0.25) is 5.91 Å². The number of fused-ring (bicyclic) bond motifs is 2. The van der Waals surface area contributed by atoms with E-state index in [4.69, 9.17) is 4.74 Å². The van der Waals surface area contributed by atoms with Gasteiger partial charge in [0.1, 0.15) is 5.75 Å². The molecule has 2 aromatic rings. The molecule has 140 valence electrons. The average Bonchev–Trinajstić information content (AvgIpc) is 3.14. The Morgan fingerprint density at radius 3 is 2.85 bits per heavy atom. The Balaban J connectivity index is 1.66. The summed E-state index contributed by atoms with van der Waals surface area (Å²) in [6.45, 7) is 6.87. The highest BCUT2D eigenvalue weighted by molar-refractivity contribution is 6.34. The molecule has 0 bridgehead atoms. The summed E-state index contributed by atoms with van der Waals surface area (Å²) in [7, 11) is 0. The van der Waals surface area contributed by atoms with Crippen molar-refractivity contribution in [1.82, 2.24) is 9.88 Å². The largest absolute Gasteiger partial charge is 0.491 e. The lowest BCUT2D eigenvalue weighted by Crippen LogP contribution is -2.33. The number of aromatic nitrogens is 1. The minimum absolute atomic E-state index is 0.0693. The van der Waals surface area contributed by atoms with Gasteiger partial charge in [-0.1, -0.05) is 0 Å². The topological polar surface area (TPSA) is 74.4 Å². The number of aromatic amines is 1.